The number of hydrogen-bond donors (Lipinski definition) is 0. The molecule has 234 valence electrons. The van der Waals surface area contributed by atoms with Gasteiger partial charge in [0.05, 0.1) is 0 Å². The van der Waals surface area contributed by atoms with E-state index in [1.807, 2.05) is 72.8 Å². The highest BCUT2D eigenvalue weighted by atomic mass is 16.3. The van der Waals surface area contributed by atoms with Gasteiger partial charge in [-0.15, -0.1) is 0 Å². The number of nitrogens with zero attached hydrogens (tertiary/aromatic N) is 3. The maximum Gasteiger partial charge on any atom is 0.164 e. The minimum absolute atomic E-state index is 0.572. The van der Waals surface area contributed by atoms with Gasteiger partial charge < -0.3 is 8.83 Å². The first kappa shape index (κ1) is 28.2. The van der Waals surface area contributed by atoms with Gasteiger partial charge in [-0.3, -0.25) is 0 Å². The molecule has 50 heavy (non-hydrogen) atoms. The van der Waals surface area contributed by atoms with E-state index in [4.69, 9.17) is 23.8 Å². The lowest BCUT2D eigenvalue weighted by Gasteiger charge is -2.12. The summed E-state index contributed by atoms with van der Waals surface area (Å²) >= 11 is 0. The van der Waals surface area contributed by atoms with Gasteiger partial charge in [-0.1, -0.05) is 115 Å². The van der Waals surface area contributed by atoms with Crippen molar-refractivity contribution in [1.29, 1.82) is 0 Å². The van der Waals surface area contributed by atoms with Gasteiger partial charge >= 0.3 is 0 Å². The quantitative estimate of drug-likeness (QED) is 0.187. The summed E-state index contributed by atoms with van der Waals surface area (Å²) in [6.07, 6.45) is 0. The Balaban J connectivity index is 1.16. The van der Waals surface area contributed by atoms with E-state index in [-0.39, 0.29) is 0 Å². The van der Waals surface area contributed by atoms with Gasteiger partial charge in [0.15, 0.2) is 17.5 Å². The molecular formula is C45H27N3O2. The third-order valence-corrected chi connectivity index (χ3v) is 9.30. The third kappa shape index (κ3) is 4.83. The maximum absolute atomic E-state index is 6.45. The first-order valence-electron chi connectivity index (χ1n) is 16.6. The Morgan fingerprint density at radius 3 is 1.36 bits per heavy atom. The lowest BCUT2D eigenvalue weighted by atomic mass is 9.96. The first-order chi connectivity index (χ1) is 24.7. The molecule has 3 aromatic heterocycles. The van der Waals surface area contributed by atoms with Crippen LogP contribution in [-0.4, -0.2) is 15.0 Å². The number of rotatable bonds is 5. The molecule has 0 saturated heterocycles. The number of benzene rings is 7. The molecule has 5 heteroatoms. The van der Waals surface area contributed by atoms with Crippen LogP contribution in [0.5, 0.6) is 0 Å². The third-order valence-electron chi connectivity index (χ3n) is 9.30. The molecule has 0 spiro atoms. The van der Waals surface area contributed by atoms with E-state index in [1.165, 1.54) is 0 Å². The number of fused-ring (bicyclic) bond motifs is 6. The van der Waals surface area contributed by atoms with Gasteiger partial charge in [0.2, 0.25) is 0 Å². The fourth-order valence-corrected chi connectivity index (χ4v) is 6.84. The molecule has 0 radical (unpaired) electrons. The molecule has 0 atom stereocenters. The Bertz CT molecular complexity index is 2800. The van der Waals surface area contributed by atoms with Crippen LogP contribution in [0.15, 0.2) is 173 Å². The van der Waals surface area contributed by atoms with Crippen LogP contribution in [-0.2, 0) is 0 Å². The summed E-state index contributed by atoms with van der Waals surface area (Å²) in [6.45, 7) is 0. The molecule has 10 aromatic rings. The average Bonchev–Trinajstić information content (AvgIpc) is 3.74. The lowest BCUT2D eigenvalue weighted by Crippen LogP contribution is -2.00. The van der Waals surface area contributed by atoms with Gasteiger partial charge in [0.25, 0.3) is 0 Å². The monoisotopic (exact) mass is 641 g/mol. The minimum Gasteiger partial charge on any atom is -0.456 e. The normalized spacial score (nSPS) is 11.6. The molecule has 0 fully saturated rings. The Morgan fingerprint density at radius 1 is 0.260 bits per heavy atom. The zero-order valence-corrected chi connectivity index (χ0v) is 26.7. The zero-order chi connectivity index (χ0) is 33.0. The molecule has 0 unspecified atom stereocenters. The molecule has 0 saturated carbocycles. The molecule has 3 heterocycles. The summed E-state index contributed by atoms with van der Waals surface area (Å²) in [5, 5.41) is 4.23. The van der Waals surface area contributed by atoms with E-state index in [0.717, 1.165) is 82.8 Å². The lowest BCUT2D eigenvalue weighted by molar-refractivity contribution is 0.656. The van der Waals surface area contributed by atoms with Crippen molar-refractivity contribution in [1.82, 2.24) is 15.0 Å². The van der Waals surface area contributed by atoms with Crippen molar-refractivity contribution < 1.29 is 8.83 Å². The molecule has 10 rings (SSSR count). The van der Waals surface area contributed by atoms with E-state index in [0.29, 0.717) is 17.5 Å². The van der Waals surface area contributed by atoms with Crippen LogP contribution in [0.1, 0.15) is 0 Å². The summed E-state index contributed by atoms with van der Waals surface area (Å²) in [4.78, 5) is 15.2. The van der Waals surface area contributed by atoms with Crippen LogP contribution in [0, 0.1) is 0 Å². The smallest absolute Gasteiger partial charge is 0.164 e. The van der Waals surface area contributed by atoms with Crippen molar-refractivity contribution >= 4 is 43.9 Å². The molecule has 0 aliphatic rings. The van der Waals surface area contributed by atoms with E-state index in [9.17, 15) is 0 Å². The second-order valence-electron chi connectivity index (χ2n) is 12.5. The topological polar surface area (TPSA) is 65.0 Å². The number of aromatic nitrogens is 3. The van der Waals surface area contributed by atoms with E-state index in [2.05, 4.69) is 91.0 Å². The Labute approximate surface area is 287 Å². The largest absolute Gasteiger partial charge is 0.456 e. The van der Waals surface area contributed by atoms with Crippen LogP contribution in [0.4, 0.5) is 0 Å². The zero-order valence-electron chi connectivity index (χ0n) is 26.7. The molecule has 0 amide bonds. The second-order valence-corrected chi connectivity index (χ2v) is 12.5. The van der Waals surface area contributed by atoms with Crippen molar-refractivity contribution in [3.63, 3.8) is 0 Å². The van der Waals surface area contributed by atoms with Gasteiger partial charge in [-0.05, 0) is 64.7 Å². The van der Waals surface area contributed by atoms with Crippen LogP contribution in [0.3, 0.4) is 0 Å². The summed E-state index contributed by atoms with van der Waals surface area (Å²) in [5.41, 5.74) is 10.3. The minimum atomic E-state index is 0.572. The standard InChI is InChI=1S/C45H27N3O2/c1-4-12-28(13-5-1)32-22-33(29-14-6-2-7-15-29)24-34(23-32)45-47-43(30-16-8-3-9-17-30)46-44(48-45)31-20-21-36-38-26-37-35-18-10-11-19-39(35)49-41(37)27-42(38)50-40(36)25-31/h1-27H. The van der Waals surface area contributed by atoms with Gasteiger partial charge in [-0.25, -0.2) is 15.0 Å². The van der Waals surface area contributed by atoms with Crippen molar-refractivity contribution in [2.75, 3.05) is 0 Å². The molecule has 5 nitrogen and oxygen atoms in total. The summed E-state index contributed by atoms with van der Waals surface area (Å²) in [5.74, 6) is 1.78. The highest BCUT2D eigenvalue weighted by molar-refractivity contribution is 6.15. The van der Waals surface area contributed by atoms with Gasteiger partial charge in [-0.2, -0.15) is 0 Å². The SMILES string of the molecule is c1ccc(-c2cc(-c3ccccc3)cc(-c3nc(-c4ccccc4)nc(-c4ccc5c(c4)oc4cc6oc7ccccc7c6cc45)n3)c2)cc1. The molecule has 0 N–H and O–H groups in total. The number of para-hydroxylation sites is 1. The predicted molar refractivity (Wildman–Crippen MR) is 202 cm³/mol. The maximum atomic E-state index is 6.45. The molecule has 0 bridgehead atoms. The van der Waals surface area contributed by atoms with Crippen LogP contribution in [0.2, 0.25) is 0 Å². The first-order valence-corrected chi connectivity index (χ1v) is 16.6. The molecule has 7 aromatic carbocycles. The molecule has 0 aliphatic heterocycles. The second kappa shape index (κ2) is 11.4. The van der Waals surface area contributed by atoms with Crippen molar-refractivity contribution in [2.45, 2.75) is 0 Å². The van der Waals surface area contributed by atoms with Gasteiger partial charge in [0, 0.05) is 44.3 Å². The van der Waals surface area contributed by atoms with Crippen molar-refractivity contribution in [2.24, 2.45) is 0 Å². The van der Waals surface area contributed by atoms with Crippen molar-refractivity contribution in [3.05, 3.63) is 164 Å². The van der Waals surface area contributed by atoms with Crippen LogP contribution >= 0.6 is 0 Å². The van der Waals surface area contributed by atoms with Crippen LogP contribution in [0.25, 0.3) is 100 Å². The van der Waals surface area contributed by atoms with Crippen molar-refractivity contribution in [3.8, 4) is 56.4 Å². The summed E-state index contributed by atoms with van der Waals surface area (Å²) in [6, 6.07) is 55.9. The van der Waals surface area contributed by atoms with Gasteiger partial charge in [0.1, 0.15) is 22.3 Å². The molecule has 0 aliphatic carbocycles. The van der Waals surface area contributed by atoms with E-state index in [1.54, 1.807) is 0 Å². The average molecular weight is 642 g/mol. The Hall–Kier alpha value is -6.85. The fourth-order valence-electron chi connectivity index (χ4n) is 6.84. The molecular weight excluding hydrogens is 615 g/mol. The Kier molecular flexibility index (Phi) is 6.42. The number of hydrogen-bond acceptors (Lipinski definition) is 5. The van der Waals surface area contributed by atoms with E-state index < -0.39 is 0 Å². The highest BCUT2D eigenvalue weighted by Crippen LogP contribution is 2.38. The predicted octanol–water partition coefficient (Wildman–Crippen LogP) is 12.0. The van der Waals surface area contributed by atoms with E-state index >= 15 is 0 Å². The number of furan rings is 2. The summed E-state index contributed by atoms with van der Waals surface area (Å²) in [7, 11) is 0. The summed E-state index contributed by atoms with van der Waals surface area (Å²) < 4.78 is 12.6. The highest BCUT2D eigenvalue weighted by Gasteiger charge is 2.18. The van der Waals surface area contributed by atoms with Crippen LogP contribution < -0.4 is 0 Å². The fraction of sp³-hybridized carbons (Fsp3) is 0. The Morgan fingerprint density at radius 2 is 0.720 bits per heavy atom.